The quantitative estimate of drug-likeness (QED) is 0.350. The van der Waals surface area contributed by atoms with Gasteiger partial charge in [-0.2, -0.15) is 0 Å². The fraction of sp³-hybridized carbons (Fsp3) is 0.500. The molecule has 0 saturated heterocycles. The molecule has 0 N–H and O–H groups in total. The highest BCUT2D eigenvalue weighted by atomic mass is 16.2. The molecule has 0 bridgehead atoms. The molecule has 0 heterocycles. The highest BCUT2D eigenvalue weighted by Crippen LogP contribution is 1.81. The lowest BCUT2D eigenvalue weighted by molar-refractivity contribution is -0.129. The van der Waals surface area contributed by atoms with Crippen molar-refractivity contribution in [2.45, 2.75) is 12.9 Å². The van der Waals surface area contributed by atoms with E-state index in [2.05, 4.69) is 0 Å². The average molecular weight is 111 g/mol. The normalized spacial score (nSPS) is 12.1. The lowest BCUT2D eigenvalue weighted by Gasteiger charge is -2.11. The van der Waals surface area contributed by atoms with Crippen LogP contribution in [-0.2, 0) is 9.59 Å². The molecule has 2 amide bonds. The van der Waals surface area contributed by atoms with Crippen LogP contribution in [0.5, 0.6) is 0 Å². The molecular formula is C4H6BNO2. The van der Waals surface area contributed by atoms with Crippen molar-refractivity contribution in [2.75, 3.05) is 0 Å². The monoisotopic (exact) mass is 111 g/mol. The number of hydrogen-bond donors (Lipinski definition) is 0. The standard InChI is InChI=1S/C4H6BNO2/c1-4(5)6(2-7)3-8/h2-4H,1H3. The molecule has 2 radical (unpaired) electrons. The van der Waals surface area contributed by atoms with Gasteiger partial charge >= 0.3 is 0 Å². The van der Waals surface area contributed by atoms with Gasteiger partial charge < -0.3 is 0 Å². The average Bonchev–Trinajstić information content (AvgIpc) is 1.69. The van der Waals surface area contributed by atoms with Crippen LogP contribution in [0.15, 0.2) is 0 Å². The Balaban J connectivity index is 3.68. The second-order valence-electron chi connectivity index (χ2n) is 1.40. The summed E-state index contributed by atoms with van der Waals surface area (Å²) < 4.78 is 0. The van der Waals surface area contributed by atoms with Crippen LogP contribution in [0.1, 0.15) is 6.92 Å². The minimum atomic E-state index is -0.523. The zero-order valence-corrected chi connectivity index (χ0v) is 4.57. The van der Waals surface area contributed by atoms with Gasteiger partial charge in [0, 0.05) is 0 Å². The van der Waals surface area contributed by atoms with Gasteiger partial charge in [-0.1, -0.05) is 6.92 Å². The summed E-state index contributed by atoms with van der Waals surface area (Å²) >= 11 is 0. The molecule has 0 aliphatic heterocycles. The predicted octanol–water partition coefficient (Wildman–Crippen LogP) is -0.884. The number of nitrogens with zero attached hydrogens (tertiary/aromatic N) is 1. The molecule has 0 aromatic heterocycles. The summed E-state index contributed by atoms with van der Waals surface area (Å²) in [5.41, 5.74) is 0. The van der Waals surface area contributed by atoms with Crippen LogP contribution in [0.25, 0.3) is 0 Å². The van der Waals surface area contributed by atoms with Gasteiger partial charge in [-0.3, -0.25) is 14.5 Å². The molecule has 8 heavy (non-hydrogen) atoms. The summed E-state index contributed by atoms with van der Waals surface area (Å²) in [5, 5.41) is 0. The first-order chi connectivity index (χ1) is 3.72. The number of imide groups is 1. The molecule has 4 heteroatoms. The van der Waals surface area contributed by atoms with E-state index in [9.17, 15) is 9.59 Å². The minimum absolute atomic E-state index is 0.387. The Morgan fingerprint density at radius 2 is 1.88 bits per heavy atom. The van der Waals surface area contributed by atoms with Gasteiger partial charge in [0.25, 0.3) is 0 Å². The molecule has 1 atom stereocenters. The highest BCUT2D eigenvalue weighted by Gasteiger charge is 2.00. The van der Waals surface area contributed by atoms with E-state index >= 15 is 0 Å². The number of hydrogen-bond acceptors (Lipinski definition) is 2. The molecule has 0 aromatic carbocycles. The van der Waals surface area contributed by atoms with Crippen molar-refractivity contribution in [3.05, 3.63) is 0 Å². The van der Waals surface area contributed by atoms with Gasteiger partial charge in [0.1, 0.15) is 0 Å². The third-order valence-electron chi connectivity index (χ3n) is 0.714. The second-order valence-corrected chi connectivity index (χ2v) is 1.40. The Hall–Kier alpha value is -0.795. The number of carbonyl (C=O) groups excluding carboxylic acids is 2. The first-order valence-corrected chi connectivity index (χ1v) is 2.16. The van der Waals surface area contributed by atoms with Gasteiger partial charge in [0.05, 0.1) is 7.85 Å². The smallest absolute Gasteiger partial charge is 0.215 e. The number of amides is 2. The van der Waals surface area contributed by atoms with Crippen LogP contribution in [0, 0.1) is 0 Å². The largest absolute Gasteiger partial charge is 0.294 e. The summed E-state index contributed by atoms with van der Waals surface area (Å²) in [4.78, 5) is 20.4. The van der Waals surface area contributed by atoms with E-state index in [-0.39, 0.29) is 0 Å². The third kappa shape index (κ3) is 1.77. The lowest BCUT2D eigenvalue weighted by Crippen LogP contribution is -2.30. The Morgan fingerprint density at radius 1 is 1.50 bits per heavy atom. The molecule has 1 unspecified atom stereocenters. The maximum atomic E-state index is 9.79. The topological polar surface area (TPSA) is 37.4 Å². The van der Waals surface area contributed by atoms with Gasteiger partial charge in [0.15, 0.2) is 0 Å². The third-order valence-corrected chi connectivity index (χ3v) is 0.714. The molecule has 0 saturated carbocycles. The summed E-state index contributed by atoms with van der Waals surface area (Å²) in [5.74, 6) is -0.523. The predicted molar refractivity (Wildman–Crippen MR) is 29.2 cm³/mol. The van der Waals surface area contributed by atoms with Crippen molar-refractivity contribution in [3.8, 4) is 0 Å². The Bertz CT molecular complexity index is 86.0. The van der Waals surface area contributed by atoms with E-state index in [0.717, 1.165) is 4.90 Å². The van der Waals surface area contributed by atoms with Crippen LogP contribution in [0.2, 0.25) is 0 Å². The fourth-order valence-electron chi connectivity index (χ4n) is 0.217. The Morgan fingerprint density at radius 3 is 1.88 bits per heavy atom. The molecular weight excluding hydrogens is 105 g/mol. The number of carbonyl (C=O) groups is 2. The van der Waals surface area contributed by atoms with Gasteiger partial charge in [-0.25, -0.2) is 0 Å². The van der Waals surface area contributed by atoms with Crippen LogP contribution >= 0.6 is 0 Å². The molecule has 0 spiro atoms. The van der Waals surface area contributed by atoms with Crippen molar-refractivity contribution in [2.24, 2.45) is 0 Å². The maximum Gasteiger partial charge on any atom is 0.215 e. The fourth-order valence-corrected chi connectivity index (χ4v) is 0.217. The van der Waals surface area contributed by atoms with Crippen LogP contribution in [-0.4, -0.2) is 31.5 Å². The van der Waals surface area contributed by atoms with Gasteiger partial charge in [-0.15, -0.1) is 0 Å². The zero-order valence-electron chi connectivity index (χ0n) is 4.57. The Kier molecular flexibility index (Phi) is 2.92. The van der Waals surface area contributed by atoms with Crippen LogP contribution in [0.4, 0.5) is 0 Å². The van der Waals surface area contributed by atoms with Crippen molar-refractivity contribution >= 4 is 20.7 Å². The molecule has 0 aliphatic carbocycles. The molecule has 0 rings (SSSR count). The van der Waals surface area contributed by atoms with Crippen molar-refractivity contribution < 1.29 is 9.59 Å². The van der Waals surface area contributed by atoms with Crippen molar-refractivity contribution in [3.63, 3.8) is 0 Å². The first kappa shape index (κ1) is 7.20. The summed E-state index contributed by atoms with van der Waals surface area (Å²) in [6, 6.07) is 0. The van der Waals surface area contributed by atoms with Gasteiger partial charge in [-0.05, 0) is 5.94 Å². The Labute approximate surface area is 49.1 Å². The van der Waals surface area contributed by atoms with E-state index in [1.165, 1.54) is 0 Å². The maximum absolute atomic E-state index is 9.79. The summed E-state index contributed by atoms with van der Waals surface area (Å²) in [6.45, 7) is 1.54. The van der Waals surface area contributed by atoms with Crippen molar-refractivity contribution in [1.82, 2.24) is 4.90 Å². The number of rotatable bonds is 3. The van der Waals surface area contributed by atoms with Gasteiger partial charge in [0.2, 0.25) is 12.8 Å². The zero-order chi connectivity index (χ0) is 6.57. The van der Waals surface area contributed by atoms with E-state index in [0.29, 0.717) is 12.8 Å². The van der Waals surface area contributed by atoms with E-state index in [1.807, 2.05) is 0 Å². The SMILES string of the molecule is [B]C(C)N(C=O)C=O. The van der Waals surface area contributed by atoms with Crippen LogP contribution in [0.3, 0.4) is 0 Å². The summed E-state index contributed by atoms with van der Waals surface area (Å²) in [6.07, 6.45) is 0.773. The lowest BCUT2D eigenvalue weighted by atomic mass is 9.98. The minimum Gasteiger partial charge on any atom is -0.294 e. The van der Waals surface area contributed by atoms with E-state index < -0.39 is 5.94 Å². The van der Waals surface area contributed by atoms with Crippen molar-refractivity contribution in [1.29, 1.82) is 0 Å². The molecule has 0 aromatic rings. The molecule has 0 fully saturated rings. The second kappa shape index (κ2) is 3.24. The first-order valence-electron chi connectivity index (χ1n) is 2.16. The molecule has 0 aliphatic rings. The van der Waals surface area contributed by atoms with E-state index in [1.54, 1.807) is 6.92 Å². The highest BCUT2D eigenvalue weighted by molar-refractivity contribution is 6.13. The molecule has 42 valence electrons. The molecule has 3 nitrogen and oxygen atoms in total. The van der Waals surface area contributed by atoms with Crippen LogP contribution < -0.4 is 0 Å². The van der Waals surface area contributed by atoms with E-state index in [4.69, 9.17) is 7.85 Å². The summed E-state index contributed by atoms with van der Waals surface area (Å²) in [7, 11) is 5.12.